The number of fused-ring (bicyclic) bond motifs is 9. The Morgan fingerprint density at radius 1 is 0.453 bits per heavy atom. The molecule has 4 heterocycles. The lowest BCUT2D eigenvalue weighted by Gasteiger charge is -2.37. The Bertz CT molecular complexity index is 2950. The Morgan fingerprint density at radius 2 is 1.04 bits per heavy atom. The van der Waals surface area contributed by atoms with Crippen LogP contribution in [0.4, 0.5) is 0 Å². The zero-order valence-corrected chi connectivity index (χ0v) is 29.9. The van der Waals surface area contributed by atoms with Gasteiger partial charge in [-0.3, -0.25) is 8.97 Å². The van der Waals surface area contributed by atoms with Gasteiger partial charge in [0.2, 0.25) is 0 Å². The first-order chi connectivity index (χ1) is 25.9. The van der Waals surface area contributed by atoms with Crippen LogP contribution in [0.2, 0.25) is 0 Å². The molecule has 0 radical (unpaired) electrons. The van der Waals surface area contributed by atoms with Crippen molar-refractivity contribution in [2.24, 2.45) is 0 Å². The molecule has 0 saturated carbocycles. The van der Waals surface area contributed by atoms with Crippen molar-refractivity contribution in [3.63, 3.8) is 0 Å². The highest BCUT2D eigenvalue weighted by Crippen LogP contribution is 2.48. The third-order valence-corrected chi connectivity index (χ3v) is 11.1. The second-order valence-electron chi connectivity index (χ2n) is 15.0. The molecule has 10 rings (SSSR count). The van der Waals surface area contributed by atoms with E-state index in [0.29, 0.717) is 0 Å². The minimum absolute atomic E-state index is 0.0193. The Balaban J connectivity index is 1.34. The normalized spacial score (nSPS) is 12.4. The van der Waals surface area contributed by atoms with Crippen LogP contribution in [-0.2, 0) is 10.8 Å². The van der Waals surface area contributed by atoms with Gasteiger partial charge in [0, 0.05) is 27.7 Å². The van der Waals surface area contributed by atoms with E-state index in [1.807, 2.05) is 12.5 Å². The number of aromatic nitrogens is 5. The molecule has 0 fully saturated rings. The van der Waals surface area contributed by atoms with Gasteiger partial charge in [0.05, 0.1) is 22.0 Å². The Morgan fingerprint density at radius 3 is 1.74 bits per heavy atom. The highest BCUT2D eigenvalue weighted by Gasteiger charge is 2.39. The Hall–Kier alpha value is -6.59. The van der Waals surface area contributed by atoms with Crippen LogP contribution in [0, 0.1) is 0 Å². The zero-order valence-electron chi connectivity index (χ0n) is 29.9. The van der Waals surface area contributed by atoms with Crippen molar-refractivity contribution >= 4 is 49.1 Å². The lowest BCUT2D eigenvalue weighted by atomic mass is 9.65. The van der Waals surface area contributed by atoms with Gasteiger partial charge in [0.1, 0.15) is 12.1 Å². The summed E-state index contributed by atoms with van der Waals surface area (Å²) in [4.78, 5) is 4.99. The maximum atomic E-state index is 4.99. The molecule has 0 amide bonds. The second-order valence-corrected chi connectivity index (χ2v) is 15.0. The van der Waals surface area contributed by atoms with E-state index in [2.05, 4.69) is 198 Å². The highest BCUT2D eigenvalue weighted by atomic mass is 15.2. The quantitative estimate of drug-likeness (QED) is 0.134. The molecule has 0 N–H and O–H groups in total. The van der Waals surface area contributed by atoms with Gasteiger partial charge in [0.25, 0.3) is 0 Å². The molecule has 0 aliphatic heterocycles. The van der Waals surface area contributed by atoms with Crippen molar-refractivity contribution in [3.8, 4) is 5.82 Å². The maximum absolute atomic E-state index is 4.99. The molecular weight excluding hydrogens is 647 g/mol. The van der Waals surface area contributed by atoms with Crippen LogP contribution in [0.1, 0.15) is 48.6 Å². The average Bonchev–Trinajstić information content (AvgIpc) is 3.83. The molecule has 0 atom stereocenters. The minimum Gasteiger partial charge on any atom is -0.294 e. The van der Waals surface area contributed by atoms with Crippen LogP contribution in [-0.4, -0.2) is 24.1 Å². The summed E-state index contributed by atoms with van der Waals surface area (Å²) >= 11 is 0. The first-order valence-corrected chi connectivity index (χ1v) is 18.2. The molecule has 254 valence electrons. The van der Waals surface area contributed by atoms with E-state index in [4.69, 9.17) is 4.98 Å². The molecular formula is C48H37N5. The fourth-order valence-corrected chi connectivity index (χ4v) is 8.54. The van der Waals surface area contributed by atoms with E-state index in [-0.39, 0.29) is 5.41 Å². The molecule has 0 spiro atoms. The summed E-state index contributed by atoms with van der Waals surface area (Å²) in [6.07, 6.45) is 3.77. The molecule has 5 heteroatoms. The molecule has 0 aliphatic carbocycles. The number of hydrogen-bond acceptors (Lipinski definition) is 3. The van der Waals surface area contributed by atoms with Crippen molar-refractivity contribution in [1.29, 1.82) is 0 Å². The molecule has 53 heavy (non-hydrogen) atoms. The third-order valence-electron chi connectivity index (χ3n) is 11.1. The maximum Gasteiger partial charge on any atom is 0.169 e. The summed E-state index contributed by atoms with van der Waals surface area (Å²) in [5, 5.41) is 14.8. The number of para-hydroxylation sites is 2. The molecule has 0 unspecified atom stereocenters. The summed E-state index contributed by atoms with van der Waals surface area (Å²) < 4.78 is 4.45. The zero-order chi connectivity index (χ0) is 35.7. The van der Waals surface area contributed by atoms with Crippen molar-refractivity contribution in [2.75, 3.05) is 0 Å². The third kappa shape index (κ3) is 4.67. The second kappa shape index (κ2) is 11.7. The van der Waals surface area contributed by atoms with Gasteiger partial charge in [-0.15, -0.1) is 10.2 Å². The summed E-state index contributed by atoms with van der Waals surface area (Å²) in [6.45, 7) is 6.76. The van der Waals surface area contributed by atoms with Crippen LogP contribution in [0.25, 0.3) is 54.9 Å². The first kappa shape index (κ1) is 31.2. The fourth-order valence-electron chi connectivity index (χ4n) is 8.54. The standard InChI is InChI=1S/C48H37N5/c1-47(2,3)34-26-27-49-45(30-34)53-43-21-13-11-19-39(43)40-25-23-36(29-44(40)53)48(32-14-6-4-7-15-32,33-16-8-5-9-17-33)35-22-24-37-38-18-10-12-20-42(38)52-31-50-51-46(52)41(37)28-35/h4-31H,1-3H3. The number of rotatable bonds is 5. The van der Waals surface area contributed by atoms with Gasteiger partial charge in [0.15, 0.2) is 5.65 Å². The molecule has 0 bridgehead atoms. The van der Waals surface area contributed by atoms with Gasteiger partial charge in [-0.2, -0.15) is 0 Å². The van der Waals surface area contributed by atoms with Gasteiger partial charge in [-0.1, -0.05) is 142 Å². The number of pyridine rings is 2. The number of benzene rings is 6. The van der Waals surface area contributed by atoms with E-state index in [1.165, 1.54) is 32.8 Å². The van der Waals surface area contributed by atoms with E-state index in [0.717, 1.165) is 49.9 Å². The molecule has 5 nitrogen and oxygen atoms in total. The fraction of sp³-hybridized carbons (Fsp3) is 0.104. The van der Waals surface area contributed by atoms with Gasteiger partial charge >= 0.3 is 0 Å². The average molecular weight is 684 g/mol. The summed E-state index contributed by atoms with van der Waals surface area (Å²) in [7, 11) is 0. The van der Waals surface area contributed by atoms with E-state index in [9.17, 15) is 0 Å². The Kier molecular flexibility index (Phi) is 6.89. The summed E-state index contributed by atoms with van der Waals surface area (Å²) in [5.41, 5.74) is 9.40. The minimum atomic E-state index is -0.685. The molecule has 6 aromatic carbocycles. The van der Waals surface area contributed by atoms with Crippen LogP contribution in [0.5, 0.6) is 0 Å². The lowest BCUT2D eigenvalue weighted by molar-refractivity contribution is 0.588. The monoisotopic (exact) mass is 683 g/mol. The van der Waals surface area contributed by atoms with E-state index < -0.39 is 5.41 Å². The summed E-state index contributed by atoms with van der Waals surface area (Å²) in [6, 6.07) is 57.4. The van der Waals surface area contributed by atoms with Crippen molar-refractivity contribution < 1.29 is 0 Å². The largest absolute Gasteiger partial charge is 0.294 e. The molecule has 10 aromatic rings. The van der Waals surface area contributed by atoms with Gasteiger partial charge < -0.3 is 0 Å². The Labute approximate surface area is 307 Å². The van der Waals surface area contributed by atoms with Crippen LogP contribution in [0.15, 0.2) is 170 Å². The molecule has 0 aliphatic rings. The predicted molar refractivity (Wildman–Crippen MR) is 217 cm³/mol. The van der Waals surface area contributed by atoms with Crippen LogP contribution >= 0.6 is 0 Å². The predicted octanol–water partition coefficient (Wildman–Crippen LogP) is 11.2. The van der Waals surface area contributed by atoms with Crippen molar-refractivity contribution in [2.45, 2.75) is 31.6 Å². The first-order valence-electron chi connectivity index (χ1n) is 18.2. The SMILES string of the molecule is CC(C)(C)c1ccnc(-n2c3ccccc3c3ccc(C(c4ccccc4)(c4ccccc4)c4ccc5c6ccccc6n6cnnc6c5c4)cc32)c1. The number of hydrogen-bond donors (Lipinski definition) is 0. The van der Waals surface area contributed by atoms with E-state index in [1.54, 1.807) is 0 Å². The molecule has 0 saturated heterocycles. The smallest absolute Gasteiger partial charge is 0.169 e. The van der Waals surface area contributed by atoms with Gasteiger partial charge in [-0.05, 0) is 75.0 Å². The van der Waals surface area contributed by atoms with Gasteiger partial charge in [-0.25, -0.2) is 4.98 Å². The van der Waals surface area contributed by atoms with E-state index >= 15 is 0 Å². The lowest BCUT2D eigenvalue weighted by Crippen LogP contribution is -2.31. The van der Waals surface area contributed by atoms with Crippen molar-refractivity contribution in [1.82, 2.24) is 24.1 Å². The summed E-state index contributed by atoms with van der Waals surface area (Å²) in [5.74, 6) is 0.914. The van der Waals surface area contributed by atoms with Crippen molar-refractivity contribution in [3.05, 3.63) is 198 Å². The van der Waals surface area contributed by atoms with Crippen LogP contribution in [0.3, 0.4) is 0 Å². The topological polar surface area (TPSA) is 48.0 Å². The highest BCUT2D eigenvalue weighted by molar-refractivity contribution is 6.12. The van der Waals surface area contributed by atoms with Crippen LogP contribution < -0.4 is 0 Å². The molecule has 4 aromatic heterocycles. The number of nitrogens with zero attached hydrogens (tertiary/aromatic N) is 5.